The Balaban J connectivity index is 2.34. The molecule has 3 heteroatoms. The summed E-state index contributed by atoms with van der Waals surface area (Å²) in [5.74, 6) is 0. The average molecular weight is 234 g/mol. The number of benzene rings is 1. The maximum Gasteiger partial charge on any atom is 0.0587 e. The summed E-state index contributed by atoms with van der Waals surface area (Å²) in [6.45, 7) is 6.01. The summed E-state index contributed by atoms with van der Waals surface area (Å²) in [5.41, 5.74) is 9.99. The predicted molar refractivity (Wildman–Crippen MR) is 69.7 cm³/mol. The molecule has 0 saturated heterocycles. The molecule has 0 fully saturated rings. The summed E-state index contributed by atoms with van der Waals surface area (Å²) in [7, 11) is 0. The third-order valence-corrected chi connectivity index (χ3v) is 3.92. The molecule has 2 atom stereocenters. The fourth-order valence-electron chi connectivity index (χ4n) is 2.84. The van der Waals surface area contributed by atoms with Gasteiger partial charge in [0.1, 0.15) is 0 Å². The Kier molecular flexibility index (Phi) is 3.82. The maximum absolute atomic E-state index is 9.47. The molecule has 2 unspecified atom stereocenters. The van der Waals surface area contributed by atoms with Gasteiger partial charge in [0.05, 0.1) is 6.61 Å². The van der Waals surface area contributed by atoms with Gasteiger partial charge in [0.2, 0.25) is 0 Å². The highest BCUT2D eigenvalue weighted by Crippen LogP contribution is 2.36. The van der Waals surface area contributed by atoms with Crippen molar-refractivity contribution in [3.8, 4) is 0 Å². The first kappa shape index (κ1) is 12.6. The van der Waals surface area contributed by atoms with Crippen molar-refractivity contribution in [3.63, 3.8) is 0 Å². The summed E-state index contributed by atoms with van der Waals surface area (Å²) in [5, 5.41) is 9.47. The Morgan fingerprint density at radius 1 is 1.53 bits per heavy atom. The lowest BCUT2D eigenvalue weighted by molar-refractivity contribution is 0.0894. The Bertz CT molecular complexity index is 388. The van der Waals surface area contributed by atoms with Gasteiger partial charge in [-0.25, -0.2) is 0 Å². The van der Waals surface area contributed by atoms with E-state index >= 15 is 0 Å². The monoisotopic (exact) mass is 234 g/mol. The van der Waals surface area contributed by atoms with Crippen LogP contribution in [0.2, 0.25) is 0 Å². The highest BCUT2D eigenvalue weighted by molar-refractivity contribution is 5.40. The van der Waals surface area contributed by atoms with Gasteiger partial charge in [-0.1, -0.05) is 25.1 Å². The van der Waals surface area contributed by atoms with E-state index in [1.165, 1.54) is 16.7 Å². The van der Waals surface area contributed by atoms with Crippen molar-refractivity contribution in [2.75, 3.05) is 13.2 Å². The van der Waals surface area contributed by atoms with E-state index in [0.29, 0.717) is 6.54 Å². The maximum atomic E-state index is 9.47. The molecule has 0 aliphatic carbocycles. The molecule has 0 amide bonds. The van der Waals surface area contributed by atoms with Crippen molar-refractivity contribution >= 4 is 0 Å². The van der Waals surface area contributed by atoms with Crippen LogP contribution in [0.15, 0.2) is 18.2 Å². The SMILES string of the molecule is CCC(CO)N1Cc2c(C)cccc2C1CN. The van der Waals surface area contributed by atoms with Gasteiger partial charge >= 0.3 is 0 Å². The van der Waals surface area contributed by atoms with Gasteiger partial charge in [0.25, 0.3) is 0 Å². The molecule has 0 saturated carbocycles. The van der Waals surface area contributed by atoms with Crippen molar-refractivity contribution < 1.29 is 5.11 Å². The average Bonchev–Trinajstić information content (AvgIpc) is 2.71. The van der Waals surface area contributed by atoms with Crippen LogP contribution in [0, 0.1) is 6.92 Å². The molecule has 2 rings (SSSR count). The zero-order valence-corrected chi connectivity index (χ0v) is 10.7. The van der Waals surface area contributed by atoms with Gasteiger partial charge in [-0.2, -0.15) is 0 Å². The van der Waals surface area contributed by atoms with Crippen molar-refractivity contribution in [3.05, 3.63) is 34.9 Å². The molecule has 1 aromatic rings. The quantitative estimate of drug-likeness (QED) is 0.831. The van der Waals surface area contributed by atoms with Crippen LogP contribution in [0.25, 0.3) is 0 Å². The first-order valence-corrected chi connectivity index (χ1v) is 6.38. The van der Waals surface area contributed by atoms with Crippen LogP contribution < -0.4 is 5.73 Å². The minimum atomic E-state index is 0.208. The predicted octanol–water partition coefficient (Wildman–Crippen LogP) is 1.58. The third-order valence-electron chi connectivity index (χ3n) is 3.92. The molecule has 1 aliphatic rings. The fraction of sp³-hybridized carbons (Fsp3) is 0.571. The normalized spacial score (nSPS) is 21.5. The number of rotatable bonds is 4. The largest absolute Gasteiger partial charge is 0.395 e. The Morgan fingerprint density at radius 3 is 2.88 bits per heavy atom. The number of hydrogen-bond acceptors (Lipinski definition) is 3. The van der Waals surface area contributed by atoms with Crippen LogP contribution in [0.3, 0.4) is 0 Å². The highest BCUT2D eigenvalue weighted by Gasteiger charge is 2.33. The van der Waals surface area contributed by atoms with Crippen LogP contribution >= 0.6 is 0 Å². The van der Waals surface area contributed by atoms with E-state index in [-0.39, 0.29) is 18.7 Å². The first-order valence-electron chi connectivity index (χ1n) is 6.38. The van der Waals surface area contributed by atoms with Gasteiger partial charge in [-0.3, -0.25) is 4.90 Å². The zero-order valence-electron chi connectivity index (χ0n) is 10.7. The van der Waals surface area contributed by atoms with Crippen LogP contribution in [-0.2, 0) is 6.54 Å². The zero-order chi connectivity index (χ0) is 12.4. The molecule has 0 radical (unpaired) electrons. The minimum absolute atomic E-state index is 0.208. The van der Waals surface area contributed by atoms with Crippen LogP contribution in [-0.4, -0.2) is 29.2 Å². The molecule has 0 aromatic heterocycles. The molecular weight excluding hydrogens is 212 g/mol. The second-order valence-electron chi connectivity index (χ2n) is 4.81. The third kappa shape index (κ3) is 2.10. The van der Waals surface area contributed by atoms with Crippen molar-refractivity contribution in [1.82, 2.24) is 4.90 Å². The number of aliphatic hydroxyl groups is 1. The van der Waals surface area contributed by atoms with Gasteiger partial charge in [-0.05, 0) is 30.0 Å². The molecule has 3 nitrogen and oxygen atoms in total. The van der Waals surface area contributed by atoms with Crippen LogP contribution in [0.1, 0.15) is 36.1 Å². The van der Waals surface area contributed by atoms with Crippen LogP contribution in [0.5, 0.6) is 0 Å². The Labute approximate surface area is 103 Å². The Hall–Kier alpha value is -0.900. The summed E-state index contributed by atoms with van der Waals surface area (Å²) in [4.78, 5) is 2.34. The summed E-state index contributed by atoms with van der Waals surface area (Å²) in [6.07, 6.45) is 0.958. The number of nitrogens with zero attached hydrogens (tertiary/aromatic N) is 1. The van der Waals surface area contributed by atoms with E-state index in [2.05, 4.69) is 36.9 Å². The molecule has 1 aromatic carbocycles. The first-order chi connectivity index (χ1) is 8.22. The van der Waals surface area contributed by atoms with E-state index in [9.17, 15) is 5.11 Å². The minimum Gasteiger partial charge on any atom is -0.395 e. The van der Waals surface area contributed by atoms with Gasteiger partial charge < -0.3 is 10.8 Å². The van der Waals surface area contributed by atoms with E-state index in [1.807, 2.05) is 0 Å². The molecular formula is C14H22N2O. The van der Waals surface area contributed by atoms with E-state index < -0.39 is 0 Å². The van der Waals surface area contributed by atoms with E-state index in [0.717, 1.165) is 13.0 Å². The highest BCUT2D eigenvalue weighted by atomic mass is 16.3. The van der Waals surface area contributed by atoms with Crippen molar-refractivity contribution in [2.45, 2.75) is 38.9 Å². The molecule has 3 N–H and O–H groups in total. The number of hydrogen-bond donors (Lipinski definition) is 2. The lowest BCUT2D eigenvalue weighted by Crippen LogP contribution is -2.38. The molecule has 1 aliphatic heterocycles. The molecule has 94 valence electrons. The lowest BCUT2D eigenvalue weighted by atomic mass is 10.0. The standard InChI is InChI=1S/C14H22N2O/c1-3-11(9-17)16-8-13-10(2)5-4-6-12(13)14(16)7-15/h4-6,11,14,17H,3,7-9,15H2,1-2H3. The molecule has 1 heterocycles. The van der Waals surface area contributed by atoms with Gasteiger partial charge in [0, 0.05) is 25.2 Å². The molecule has 0 spiro atoms. The van der Waals surface area contributed by atoms with Gasteiger partial charge in [0.15, 0.2) is 0 Å². The van der Waals surface area contributed by atoms with Gasteiger partial charge in [-0.15, -0.1) is 0 Å². The number of fused-ring (bicyclic) bond motifs is 1. The van der Waals surface area contributed by atoms with E-state index in [4.69, 9.17) is 5.73 Å². The summed E-state index contributed by atoms with van der Waals surface area (Å²) < 4.78 is 0. The van der Waals surface area contributed by atoms with Crippen molar-refractivity contribution in [2.24, 2.45) is 5.73 Å². The number of aryl methyl sites for hydroxylation is 1. The smallest absolute Gasteiger partial charge is 0.0587 e. The second-order valence-corrected chi connectivity index (χ2v) is 4.81. The summed E-state index contributed by atoms with van der Waals surface area (Å²) in [6, 6.07) is 6.90. The van der Waals surface area contributed by atoms with E-state index in [1.54, 1.807) is 0 Å². The number of aliphatic hydroxyl groups excluding tert-OH is 1. The fourth-order valence-corrected chi connectivity index (χ4v) is 2.84. The second kappa shape index (κ2) is 5.17. The van der Waals surface area contributed by atoms with Crippen LogP contribution in [0.4, 0.5) is 0 Å². The lowest BCUT2D eigenvalue weighted by Gasteiger charge is -2.30. The topological polar surface area (TPSA) is 49.5 Å². The summed E-state index contributed by atoms with van der Waals surface area (Å²) >= 11 is 0. The molecule has 17 heavy (non-hydrogen) atoms. The Morgan fingerprint density at radius 2 is 2.29 bits per heavy atom. The molecule has 0 bridgehead atoms. The number of nitrogens with two attached hydrogens (primary N) is 1. The van der Waals surface area contributed by atoms with Crippen molar-refractivity contribution in [1.29, 1.82) is 0 Å².